The first-order valence-corrected chi connectivity index (χ1v) is 6.03. The van der Waals surface area contributed by atoms with E-state index in [1.807, 2.05) is 6.07 Å². The lowest BCUT2D eigenvalue weighted by Gasteiger charge is -2.27. The molecule has 0 aromatic carbocycles. The first-order valence-electron chi connectivity index (χ1n) is 6.03. The van der Waals surface area contributed by atoms with E-state index in [1.54, 1.807) is 0 Å². The molecule has 1 aromatic rings. The molecule has 0 aliphatic carbocycles. The Hall–Kier alpha value is -1.32. The summed E-state index contributed by atoms with van der Waals surface area (Å²) >= 11 is 0. The van der Waals surface area contributed by atoms with E-state index < -0.39 is 0 Å². The van der Waals surface area contributed by atoms with E-state index in [0.717, 1.165) is 24.6 Å². The van der Waals surface area contributed by atoms with Gasteiger partial charge in [0, 0.05) is 24.8 Å². The van der Waals surface area contributed by atoms with Crippen molar-refractivity contribution in [3.63, 3.8) is 0 Å². The van der Waals surface area contributed by atoms with E-state index in [1.165, 1.54) is 19.3 Å². The van der Waals surface area contributed by atoms with E-state index in [-0.39, 0.29) is 5.69 Å². The summed E-state index contributed by atoms with van der Waals surface area (Å²) in [7, 11) is 0. The smallest absolute Gasteiger partial charge is 0.347 e. The van der Waals surface area contributed by atoms with E-state index in [2.05, 4.69) is 28.7 Å². The van der Waals surface area contributed by atoms with Gasteiger partial charge in [-0.25, -0.2) is 4.79 Å². The number of hydrogen-bond donors (Lipinski definition) is 1. The number of nitrogens with one attached hydrogen (secondary N) is 1. The number of rotatable bonds is 2. The highest BCUT2D eigenvalue weighted by atomic mass is 16.1. The molecule has 88 valence electrons. The molecule has 1 aliphatic rings. The van der Waals surface area contributed by atoms with Gasteiger partial charge in [-0.3, -0.25) is 0 Å². The third-order valence-corrected chi connectivity index (χ3v) is 3.05. The monoisotopic (exact) mass is 221 g/mol. The molecule has 1 aromatic heterocycles. The molecule has 0 bridgehead atoms. The van der Waals surface area contributed by atoms with Gasteiger partial charge in [-0.1, -0.05) is 13.8 Å². The van der Waals surface area contributed by atoms with Gasteiger partial charge in [0.05, 0.1) is 0 Å². The molecule has 0 radical (unpaired) electrons. The standard InChI is InChI=1S/C12H19N3O/c1-9(2)10-8-11(14-12(16)13-10)15-6-4-3-5-7-15/h8-9H,3-7H2,1-2H3,(H,13,14,16). The summed E-state index contributed by atoms with van der Waals surface area (Å²) in [5.74, 6) is 1.17. The van der Waals surface area contributed by atoms with E-state index in [4.69, 9.17) is 0 Å². The molecule has 0 saturated carbocycles. The molecular formula is C12H19N3O. The minimum absolute atomic E-state index is 0.230. The van der Waals surface area contributed by atoms with Crippen molar-refractivity contribution in [1.29, 1.82) is 0 Å². The lowest BCUT2D eigenvalue weighted by molar-refractivity contribution is 0.571. The summed E-state index contributed by atoms with van der Waals surface area (Å²) in [4.78, 5) is 20.5. The third-order valence-electron chi connectivity index (χ3n) is 3.05. The summed E-state index contributed by atoms with van der Waals surface area (Å²) in [6, 6.07) is 2.01. The Morgan fingerprint density at radius 1 is 1.31 bits per heavy atom. The van der Waals surface area contributed by atoms with Gasteiger partial charge in [0.25, 0.3) is 0 Å². The van der Waals surface area contributed by atoms with Crippen LogP contribution in [0.25, 0.3) is 0 Å². The van der Waals surface area contributed by atoms with Crippen molar-refractivity contribution in [2.45, 2.75) is 39.0 Å². The maximum absolute atomic E-state index is 11.5. The molecule has 1 fully saturated rings. The average Bonchev–Trinajstić information content (AvgIpc) is 2.29. The van der Waals surface area contributed by atoms with Crippen molar-refractivity contribution in [1.82, 2.24) is 9.97 Å². The molecule has 0 spiro atoms. The van der Waals surface area contributed by atoms with Crippen LogP contribution in [0.15, 0.2) is 10.9 Å². The fourth-order valence-corrected chi connectivity index (χ4v) is 2.06. The Morgan fingerprint density at radius 3 is 2.62 bits per heavy atom. The van der Waals surface area contributed by atoms with Crippen LogP contribution in [0.2, 0.25) is 0 Å². The molecule has 4 nitrogen and oxygen atoms in total. The number of nitrogens with zero attached hydrogens (tertiary/aromatic N) is 2. The summed E-state index contributed by atoms with van der Waals surface area (Å²) in [6.45, 7) is 6.19. The van der Waals surface area contributed by atoms with Crippen LogP contribution < -0.4 is 10.6 Å². The van der Waals surface area contributed by atoms with Crippen molar-refractivity contribution in [2.24, 2.45) is 0 Å². The van der Waals surface area contributed by atoms with Gasteiger partial charge in [-0.2, -0.15) is 4.98 Å². The lowest BCUT2D eigenvalue weighted by Crippen LogP contribution is -2.32. The molecule has 16 heavy (non-hydrogen) atoms. The number of piperidine rings is 1. The van der Waals surface area contributed by atoms with E-state index in [9.17, 15) is 4.79 Å². The molecule has 1 aliphatic heterocycles. The number of aromatic amines is 1. The molecule has 2 rings (SSSR count). The second-order valence-corrected chi connectivity index (χ2v) is 4.70. The Morgan fingerprint density at radius 2 is 2.00 bits per heavy atom. The van der Waals surface area contributed by atoms with Crippen LogP contribution in [-0.4, -0.2) is 23.1 Å². The topological polar surface area (TPSA) is 49.0 Å². The lowest BCUT2D eigenvalue weighted by atomic mass is 10.1. The molecular weight excluding hydrogens is 202 g/mol. The van der Waals surface area contributed by atoms with Crippen molar-refractivity contribution in [3.8, 4) is 0 Å². The summed E-state index contributed by atoms with van der Waals surface area (Å²) < 4.78 is 0. The van der Waals surface area contributed by atoms with Gasteiger partial charge in [-0.15, -0.1) is 0 Å². The normalized spacial score (nSPS) is 16.8. The molecule has 1 saturated heterocycles. The predicted molar refractivity (Wildman–Crippen MR) is 65.0 cm³/mol. The van der Waals surface area contributed by atoms with Crippen LogP contribution in [0, 0.1) is 0 Å². The Balaban J connectivity index is 2.29. The van der Waals surface area contributed by atoms with Crippen molar-refractivity contribution >= 4 is 5.82 Å². The van der Waals surface area contributed by atoms with Crippen molar-refractivity contribution in [3.05, 3.63) is 22.2 Å². The molecule has 1 N–H and O–H groups in total. The summed E-state index contributed by atoms with van der Waals surface area (Å²) in [6.07, 6.45) is 3.69. The second kappa shape index (κ2) is 4.68. The maximum Gasteiger partial charge on any atom is 0.347 e. The Labute approximate surface area is 95.7 Å². The van der Waals surface area contributed by atoms with Gasteiger partial charge in [-0.05, 0) is 25.2 Å². The zero-order valence-corrected chi connectivity index (χ0v) is 9.99. The summed E-state index contributed by atoms with van der Waals surface area (Å²) in [5, 5.41) is 0. The highest BCUT2D eigenvalue weighted by Crippen LogP contribution is 2.19. The quantitative estimate of drug-likeness (QED) is 0.829. The van der Waals surface area contributed by atoms with Crippen molar-refractivity contribution in [2.75, 3.05) is 18.0 Å². The van der Waals surface area contributed by atoms with Crippen LogP contribution >= 0.6 is 0 Å². The Kier molecular flexibility index (Phi) is 3.27. The van der Waals surface area contributed by atoms with Crippen LogP contribution in [0.5, 0.6) is 0 Å². The molecule has 4 heteroatoms. The van der Waals surface area contributed by atoms with Gasteiger partial charge >= 0.3 is 5.69 Å². The van der Waals surface area contributed by atoms with Gasteiger partial charge in [0.1, 0.15) is 5.82 Å². The molecule has 0 amide bonds. The first kappa shape index (κ1) is 11.2. The zero-order chi connectivity index (χ0) is 11.5. The highest BCUT2D eigenvalue weighted by Gasteiger charge is 2.14. The maximum atomic E-state index is 11.5. The summed E-state index contributed by atoms with van der Waals surface area (Å²) in [5.41, 5.74) is 0.743. The first-order chi connectivity index (χ1) is 7.66. The Bertz CT molecular complexity index is 405. The minimum atomic E-state index is -0.230. The van der Waals surface area contributed by atoms with Crippen molar-refractivity contribution < 1.29 is 0 Å². The zero-order valence-electron chi connectivity index (χ0n) is 9.99. The highest BCUT2D eigenvalue weighted by molar-refractivity contribution is 5.39. The van der Waals surface area contributed by atoms with Crippen LogP contribution in [0.3, 0.4) is 0 Å². The van der Waals surface area contributed by atoms with Gasteiger partial charge < -0.3 is 9.88 Å². The van der Waals surface area contributed by atoms with Gasteiger partial charge in [0.15, 0.2) is 0 Å². The minimum Gasteiger partial charge on any atom is -0.356 e. The van der Waals surface area contributed by atoms with Crippen LogP contribution in [-0.2, 0) is 0 Å². The fraction of sp³-hybridized carbons (Fsp3) is 0.667. The van der Waals surface area contributed by atoms with E-state index >= 15 is 0 Å². The molecule has 2 heterocycles. The number of aromatic nitrogens is 2. The largest absolute Gasteiger partial charge is 0.356 e. The van der Waals surface area contributed by atoms with Crippen LogP contribution in [0.4, 0.5) is 5.82 Å². The number of H-pyrrole nitrogens is 1. The van der Waals surface area contributed by atoms with E-state index in [0.29, 0.717) is 5.92 Å². The number of hydrogen-bond acceptors (Lipinski definition) is 3. The fourth-order valence-electron chi connectivity index (χ4n) is 2.06. The predicted octanol–water partition coefficient (Wildman–Crippen LogP) is 1.88. The molecule has 0 unspecified atom stereocenters. The average molecular weight is 221 g/mol. The van der Waals surface area contributed by atoms with Crippen LogP contribution in [0.1, 0.15) is 44.7 Å². The van der Waals surface area contributed by atoms with Gasteiger partial charge in [0.2, 0.25) is 0 Å². The SMILES string of the molecule is CC(C)c1cc(N2CCCCC2)nc(=O)[nH]1. The number of anilines is 1. The second-order valence-electron chi connectivity index (χ2n) is 4.70. The molecule has 0 atom stereocenters. The third kappa shape index (κ3) is 2.43.